The fourth-order valence-electron chi connectivity index (χ4n) is 2.54. The van der Waals surface area contributed by atoms with Crippen LogP contribution >= 0.6 is 11.6 Å². The van der Waals surface area contributed by atoms with Gasteiger partial charge in [0.2, 0.25) is 10.0 Å². The first-order valence-electron chi connectivity index (χ1n) is 6.72. The number of sulfonamides is 1. The topological polar surface area (TPSA) is 46.2 Å². The molecule has 6 heteroatoms. The van der Waals surface area contributed by atoms with Gasteiger partial charge in [-0.05, 0) is 55.9 Å². The summed E-state index contributed by atoms with van der Waals surface area (Å²) in [6, 6.07) is 4.83. The third kappa shape index (κ3) is 3.51. The van der Waals surface area contributed by atoms with E-state index < -0.39 is 21.4 Å². The normalized spacial score (nSPS) is 27.4. The summed E-state index contributed by atoms with van der Waals surface area (Å²) < 4.78 is 40.3. The second-order valence-electron chi connectivity index (χ2n) is 5.66. The van der Waals surface area contributed by atoms with Crippen LogP contribution in [-0.2, 0) is 10.0 Å². The quantitative estimate of drug-likeness (QED) is 0.866. The minimum absolute atomic E-state index is 0.0713. The largest absolute Gasteiger partial charge is 0.241 e. The summed E-state index contributed by atoms with van der Waals surface area (Å²) in [5.74, 6) is 0.393. The van der Waals surface area contributed by atoms with Crippen LogP contribution in [0.4, 0.5) is 4.39 Å². The van der Waals surface area contributed by atoms with Crippen molar-refractivity contribution in [3.8, 4) is 0 Å². The van der Waals surface area contributed by atoms with Crippen LogP contribution in [-0.4, -0.2) is 19.8 Å². The lowest BCUT2D eigenvalue weighted by molar-refractivity contribution is 0.247. The van der Waals surface area contributed by atoms with Gasteiger partial charge in [-0.2, -0.15) is 0 Å². The molecule has 0 aliphatic heterocycles. The molecule has 0 aromatic heterocycles. The molecule has 2 rings (SSSR count). The van der Waals surface area contributed by atoms with Gasteiger partial charge in [-0.3, -0.25) is 0 Å². The summed E-state index contributed by atoms with van der Waals surface area (Å²) in [4.78, 5) is 0.0713. The SMILES string of the molecule is CC1CCC(CCl)(NS(=O)(=O)c2ccc(F)cc2)CC1. The highest BCUT2D eigenvalue weighted by molar-refractivity contribution is 7.89. The predicted octanol–water partition coefficient (Wildman–Crippen LogP) is 3.29. The molecule has 1 N–H and O–H groups in total. The Hall–Kier alpha value is -0.650. The maximum absolute atomic E-state index is 12.9. The zero-order valence-corrected chi connectivity index (χ0v) is 13.0. The van der Waals surface area contributed by atoms with Crippen molar-refractivity contribution in [1.29, 1.82) is 0 Å². The van der Waals surface area contributed by atoms with Crippen LogP contribution in [0.1, 0.15) is 32.6 Å². The monoisotopic (exact) mass is 319 g/mol. The molecular formula is C14H19ClFNO2S. The lowest BCUT2D eigenvalue weighted by Crippen LogP contribution is -2.51. The highest BCUT2D eigenvalue weighted by Crippen LogP contribution is 2.34. The Labute approximate surface area is 124 Å². The van der Waals surface area contributed by atoms with Crippen LogP contribution in [0.5, 0.6) is 0 Å². The minimum Gasteiger partial charge on any atom is -0.207 e. The molecule has 112 valence electrons. The van der Waals surface area contributed by atoms with Crippen molar-refractivity contribution in [2.45, 2.75) is 43.0 Å². The van der Waals surface area contributed by atoms with Crippen molar-refractivity contribution in [3.05, 3.63) is 30.1 Å². The number of rotatable bonds is 4. The summed E-state index contributed by atoms with van der Waals surface area (Å²) in [5, 5.41) is 0. The van der Waals surface area contributed by atoms with Crippen LogP contribution in [0.3, 0.4) is 0 Å². The lowest BCUT2D eigenvalue weighted by atomic mass is 9.79. The molecule has 0 saturated heterocycles. The fraction of sp³-hybridized carbons (Fsp3) is 0.571. The minimum atomic E-state index is -3.67. The summed E-state index contributed by atoms with van der Waals surface area (Å²) in [6.45, 7) is 2.16. The van der Waals surface area contributed by atoms with Gasteiger partial charge in [0.1, 0.15) is 5.82 Å². The van der Waals surface area contributed by atoms with Gasteiger partial charge in [0, 0.05) is 11.4 Å². The van der Waals surface area contributed by atoms with E-state index in [2.05, 4.69) is 11.6 Å². The molecular weight excluding hydrogens is 301 g/mol. The molecule has 0 spiro atoms. The molecule has 1 aromatic rings. The number of hydrogen-bond acceptors (Lipinski definition) is 2. The van der Waals surface area contributed by atoms with Gasteiger partial charge in [-0.25, -0.2) is 17.5 Å². The molecule has 1 saturated carbocycles. The Morgan fingerprint density at radius 1 is 1.30 bits per heavy atom. The molecule has 1 aliphatic carbocycles. The third-order valence-corrected chi connectivity index (χ3v) is 6.07. The molecule has 0 heterocycles. The Balaban J connectivity index is 2.20. The van der Waals surface area contributed by atoms with E-state index in [1.54, 1.807) is 0 Å². The summed E-state index contributed by atoms with van der Waals surface area (Å²) in [7, 11) is -3.67. The number of alkyl halides is 1. The molecule has 0 amide bonds. The maximum Gasteiger partial charge on any atom is 0.241 e. The number of benzene rings is 1. The number of hydrogen-bond donors (Lipinski definition) is 1. The predicted molar refractivity (Wildman–Crippen MR) is 77.8 cm³/mol. The van der Waals surface area contributed by atoms with Crippen molar-refractivity contribution in [3.63, 3.8) is 0 Å². The molecule has 1 aromatic carbocycles. The van der Waals surface area contributed by atoms with E-state index in [4.69, 9.17) is 11.6 Å². The van der Waals surface area contributed by atoms with Crippen LogP contribution in [0.2, 0.25) is 0 Å². The summed E-state index contributed by atoms with van der Waals surface area (Å²) in [6.07, 6.45) is 3.38. The summed E-state index contributed by atoms with van der Waals surface area (Å²) >= 11 is 6.02. The van der Waals surface area contributed by atoms with Gasteiger partial charge >= 0.3 is 0 Å². The maximum atomic E-state index is 12.9. The van der Waals surface area contributed by atoms with Crippen LogP contribution in [0, 0.1) is 11.7 Å². The molecule has 1 aliphatic rings. The summed E-state index contributed by atoms with van der Waals surface area (Å²) in [5.41, 5.74) is -0.582. The molecule has 0 radical (unpaired) electrons. The van der Waals surface area contributed by atoms with Crippen LogP contribution in [0.15, 0.2) is 29.2 Å². The van der Waals surface area contributed by atoms with E-state index in [9.17, 15) is 12.8 Å². The van der Waals surface area contributed by atoms with Crippen molar-refractivity contribution >= 4 is 21.6 Å². The van der Waals surface area contributed by atoms with E-state index in [1.807, 2.05) is 0 Å². The van der Waals surface area contributed by atoms with Crippen molar-refractivity contribution < 1.29 is 12.8 Å². The fourth-order valence-corrected chi connectivity index (χ4v) is 4.41. The average Bonchev–Trinajstić information content (AvgIpc) is 2.42. The molecule has 1 fully saturated rings. The molecule has 0 atom stereocenters. The van der Waals surface area contributed by atoms with Crippen molar-refractivity contribution in [2.24, 2.45) is 5.92 Å². The van der Waals surface area contributed by atoms with Gasteiger partial charge in [0.05, 0.1) is 4.90 Å². The zero-order valence-electron chi connectivity index (χ0n) is 11.4. The standard InChI is InChI=1S/C14H19ClFNO2S/c1-11-6-8-14(10-15,9-7-11)17-20(18,19)13-4-2-12(16)3-5-13/h2-5,11,17H,6-10H2,1H3. The highest BCUT2D eigenvalue weighted by atomic mass is 35.5. The molecule has 0 bridgehead atoms. The second-order valence-corrected chi connectivity index (χ2v) is 7.61. The number of halogens is 2. The average molecular weight is 320 g/mol. The van der Waals surface area contributed by atoms with Crippen LogP contribution in [0.25, 0.3) is 0 Å². The van der Waals surface area contributed by atoms with E-state index >= 15 is 0 Å². The van der Waals surface area contributed by atoms with Gasteiger partial charge in [0.25, 0.3) is 0 Å². The Morgan fingerprint density at radius 3 is 2.35 bits per heavy atom. The van der Waals surface area contributed by atoms with Crippen molar-refractivity contribution in [1.82, 2.24) is 4.72 Å². The van der Waals surface area contributed by atoms with Gasteiger partial charge in [0.15, 0.2) is 0 Å². The Kier molecular flexibility index (Phi) is 4.72. The van der Waals surface area contributed by atoms with E-state index in [-0.39, 0.29) is 10.8 Å². The first-order chi connectivity index (χ1) is 9.37. The van der Waals surface area contributed by atoms with Gasteiger partial charge in [-0.15, -0.1) is 11.6 Å². The zero-order chi connectivity index (χ0) is 14.8. The molecule has 3 nitrogen and oxygen atoms in total. The van der Waals surface area contributed by atoms with Gasteiger partial charge < -0.3 is 0 Å². The first kappa shape index (κ1) is 15.7. The van der Waals surface area contributed by atoms with Crippen LogP contribution < -0.4 is 4.72 Å². The molecule has 0 unspecified atom stereocenters. The third-order valence-electron chi connectivity index (χ3n) is 3.96. The first-order valence-corrected chi connectivity index (χ1v) is 8.74. The van der Waals surface area contributed by atoms with E-state index in [0.29, 0.717) is 5.92 Å². The Morgan fingerprint density at radius 2 is 1.85 bits per heavy atom. The van der Waals surface area contributed by atoms with E-state index in [0.717, 1.165) is 37.8 Å². The van der Waals surface area contributed by atoms with E-state index in [1.165, 1.54) is 12.1 Å². The number of nitrogens with one attached hydrogen (secondary N) is 1. The smallest absolute Gasteiger partial charge is 0.207 e. The lowest BCUT2D eigenvalue weighted by Gasteiger charge is -2.38. The van der Waals surface area contributed by atoms with Gasteiger partial charge in [-0.1, -0.05) is 6.92 Å². The molecule has 20 heavy (non-hydrogen) atoms. The second kappa shape index (κ2) is 6.00. The van der Waals surface area contributed by atoms with Crippen molar-refractivity contribution in [2.75, 3.05) is 5.88 Å². The Bertz CT molecular complexity index is 551. The highest BCUT2D eigenvalue weighted by Gasteiger charge is 2.37.